The minimum atomic E-state index is -0.101. The van der Waals surface area contributed by atoms with Crippen LogP contribution in [0.2, 0.25) is 5.02 Å². The standard InChI is InChI=1S/C14H14ClN3O/c15-10-6-9-8-16-5-3-11(9)13(7-10)18-14(19)12-2-1-4-17-12/h3,5-8,12,17H,1-2,4H2,(H,18,19). The number of benzene rings is 1. The van der Waals surface area contributed by atoms with Gasteiger partial charge in [-0.05, 0) is 37.6 Å². The van der Waals surface area contributed by atoms with Crippen molar-refractivity contribution in [3.8, 4) is 0 Å². The number of aromatic nitrogens is 1. The fourth-order valence-electron chi connectivity index (χ4n) is 2.40. The van der Waals surface area contributed by atoms with E-state index in [1.165, 1.54) is 0 Å². The molecule has 2 N–H and O–H groups in total. The first-order valence-corrected chi connectivity index (χ1v) is 6.69. The van der Waals surface area contributed by atoms with Crippen LogP contribution in [0.5, 0.6) is 0 Å². The molecule has 0 bridgehead atoms. The summed E-state index contributed by atoms with van der Waals surface area (Å²) in [5.74, 6) is -0.00196. The number of anilines is 1. The molecule has 1 atom stereocenters. The number of hydrogen-bond acceptors (Lipinski definition) is 3. The summed E-state index contributed by atoms with van der Waals surface area (Å²) in [6.07, 6.45) is 5.37. The Hall–Kier alpha value is -1.65. The maximum Gasteiger partial charge on any atom is 0.241 e. The van der Waals surface area contributed by atoms with Crippen LogP contribution in [0.3, 0.4) is 0 Å². The quantitative estimate of drug-likeness (QED) is 0.886. The summed E-state index contributed by atoms with van der Waals surface area (Å²) < 4.78 is 0. The minimum Gasteiger partial charge on any atom is -0.324 e. The highest BCUT2D eigenvalue weighted by Gasteiger charge is 2.22. The van der Waals surface area contributed by atoms with Gasteiger partial charge in [-0.2, -0.15) is 0 Å². The van der Waals surface area contributed by atoms with Gasteiger partial charge in [-0.15, -0.1) is 0 Å². The molecule has 2 heterocycles. The van der Waals surface area contributed by atoms with Crippen LogP contribution in [-0.4, -0.2) is 23.5 Å². The van der Waals surface area contributed by atoms with Gasteiger partial charge in [0.15, 0.2) is 0 Å². The molecule has 0 aliphatic carbocycles. The summed E-state index contributed by atoms with van der Waals surface area (Å²) in [5, 5.41) is 8.60. The first kappa shape index (κ1) is 12.4. The van der Waals surface area contributed by atoms with Crippen molar-refractivity contribution in [2.75, 3.05) is 11.9 Å². The van der Waals surface area contributed by atoms with E-state index in [1.54, 1.807) is 18.5 Å². The second-order valence-electron chi connectivity index (χ2n) is 4.69. The van der Waals surface area contributed by atoms with Crippen LogP contribution in [0.25, 0.3) is 10.8 Å². The Labute approximate surface area is 116 Å². The molecule has 0 spiro atoms. The molecular weight excluding hydrogens is 262 g/mol. The van der Waals surface area contributed by atoms with Gasteiger partial charge >= 0.3 is 0 Å². The highest BCUT2D eigenvalue weighted by Crippen LogP contribution is 2.27. The molecule has 2 aromatic rings. The normalized spacial score (nSPS) is 18.7. The van der Waals surface area contributed by atoms with Gasteiger partial charge in [0.25, 0.3) is 0 Å². The smallest absolute Gasteiger partial charge is 0.241 e. The third-order valence-corrected chi connectivity index (χ3v) is 3.57. The molecule has 1 aromatic heterocycles. The van der Waals surface area contributed by atoms with E-state index < -0.39 is 0 Å². The van der Waals surface area contributed by atoms with Gasteiger partial charge in [-0.25, -0.2) is 0 Å². The van der Waals surface area contributed by atoms with Gasteiger partial charge in [0.2, 0.25) is 5.91 Å². The van der Waals surface area contributed by atoms with Gasteiger partial charge in [-0.3, -0.25) is 9.78 Å². The molecule has 1 aliphatic rings. The number of hydrogen-bond donors (Lipinski definition) is 2. The lowest BCUT2D eigenvalue weighted by Crippen LogP contribution is -2.35. The SMILES string of the molecule is O=C(Nc1cc(Cl)cc2cnccc12)C1CCCN1. The molecule has 3 rings (SSSR count). The van der Waals surface area contributed by atoms with Crippen molar-refractivity contribution in [3.05, 3.63) is 35.6 Å². The summed E-state index contributed by atoms with van der Waals surface area (Å²) in [7, 11) is 0. The maximum absolute atomic E-state index is 12.1. The fraction of sp³-hybridized carbons (Fsp3) is 0.286. The van der Waals surface area contributed by atoms with Crippen LogP contribution in [0.1, 0.15) is 12.8 Å². The predicted molar refractivity (Wildman–Crippen MR) is 76.4 cm³/mol. The number of nitrogens with zero attached hydrogens (tertiary/aromatic N) is 1. The zero-order valence-electron chi connectivity index (χ0n) is 10.3. The highest BCUT2D eigenvalue weighted by molar-refractivity contribution is 6.32. The van der Waals surface area contributed by atoms with Crippen molar-refractivity contribution >= 4 is 34.0 Å². The number of nitrogens with one attached hydrogen (secondary N) is 2. The lowest BCUT2D eigenvalue weighted by Gasteiger charge is -2.13. The third-order valence-electron chi connectivity index (χ3n) is 3.35. The Morgan fingerprint density at radius 3 is 3.16 bits per heavy atom. The van der Waals surface area contributed by atoms with Crippen molar-refractivity contribution in [1.82, 2.24) is 10.3 Å². The number of halogens is 1. The number of carbonyl (C=O) groups is 1. The molecule has 0 radical (unpaired) electrons. The van der Waals surface area contributed by atoms with Crippen molar-refractivity contribution in [2.45, 2.75) is 18.9 Å². The molecule has 5 heteroatoms. The molecule has 98 valence electrons. The Balaban J connectivity index is 1.93. The lowest BCUT2D eigenvalue weighted by atomic mass is 10.1. The van der Waals surface area contributed by atoms with Gasteiger partial charge < -0.3 is 10.6 Å². The zero-order chi connectivity index (χ0) is 13.2. The average Bonchev–Trinajstić information content (AvgIpc) is 2.92. The number of fused-ring (bicyclic) bond motifs is 1. The van der Waals surface area contributed by atoms with E-state index in [-0.39, 0.29) is 11.9 Å². The Morgan fingerprint density at radius 2 is 2.37 bits per heavy atom. The van der Waals surface area contributed by atoms with Gasteiger partial charge in [0, 0.05) is 28.2 Å². The summed E-state index contributed by atoms with van der Waals surface area (Å²) in [6.45, 7) is 0.901. The van der Waals surface area contributed by atoms with Gasteiger partial charge in [0.1, 0.15) is 0 Å². The monoisotopic (exact) mass is 275 g/mol. The molecule has 1 aliphatic heterocycles. The van der Waals surface area contributed by atoms with Crippen LogP contribution in [0.4, 0.5) is 5.69 Å². The second kappa shape index (κ2) is 5.15. The Morgan fingerprint density at radius 1 is 1.47 bits per heavy atom. The van der Waals surface area contributed by atoms with Crippen molar-refractivity contribution in [1.29, 1.82) is 0 Å². The maximum atomic E-state index is 12.1. The van der Waals surface area contributed by atoms with E-state index in [2.05, 4.69) is 15.6 Å². The van der Waals surface area contributed by atoms with E-state index in [0.29, 0.717) is 5.02 Å². The van der Waals surface area contributed by atoms with E-state index in [0.717, 1.165) is 35.8 Å². The van der Waals surface area contributed by atoms with Crippen LogP contribution >= 0.6 is 11.6 Å². The van der Waals surface area contributed by atoms with E-state index in [4.69, 9.17) is 11.6 Å². The largest absolute Gasteiger partial charge is 0.324 e. The average molecular weight is 276 g/mol. The lowest BCUT2D eigenvalue weighted by molar-refractivity contribution is -0.117. The highest BCUT2D eigenvalue weighted by atomic mass is 35.5. The molecule has 19 heavy (non-hydrogen) atoms. The molecule has 1 unspecified atom stereocenters. The summed E-state index contributed by atoms with van der Waals surface area (Å²) >= 11 is 6.07. The summed E-state index contributed by atoms with van der Waals surface area (Å²) in [5.41, 5.74) is 0.739. The molecule has 0 saturated carbocycles. The first-order valence-electron chi connectivity index (χ1n) is 6.31. The van der Waals surface area contributed by atoms with Crippen LogP contribution in [0, 0.1) is 0 Å². The second-order valence-corrected chi connectivity index (χ2v) is 5.12. The summed E-state index contributed by atoms with van der Waals surface area (Å²) in [4.78, 5) is 16.2. The molecule has 4 nitrogen and oxygen atoms in total. The van der Waals surface area contributed by atoms with Crippen LogP contribution in [-0.2, 0) is 4.79 Å². The molecule has 1 amide bonds. The number of pyridine rings is 1. The zero-order valence-corrected chi connectivity index (χ0v) is 11.1. The molecule has 1 fully saturated rings. The van der Waals surface area contributed by atoms with Crippen LogP contribution in [0.15, 0.2) is 30.6 Å². The van der Waals surface area contributed by atoms with Crippen molar-refractivity contribution < 1.29 is 4.79 Å². The topological polar surface area (TPSA) is 54.0 Å². The third kappa shape index (κ3) is 2.55. The van der Waals surface area contributed by atoms with E-state index in [9.17, 15) is 4.79 Å². The minimum absolute atomic E-state index is 0.00196. The predicted octanol–water partition coefficient (Wildman–Crippen LogP) is 2.58. The van der Waals surface area contributed by atoms with E-state index in [1.807, 2.05) is 12.1 Å². The van der Waals surface area contributed by atoms with Crippen LogP contribution < -0.4 is 10.6 Å². The number of rotatable bonds is 2. The molecule has 1 saturated heterocycles. The summed E-state index contributed by atoms with van der Waals surface area (Å²) in [6, 6.07) is 5.39. The first-order chi connectivity index (χ1) is 9.24. The Bertz CT molecular complexity index is 623. The number of amides is 1. The number of carbonyl (C=O) groups excluding carboxylic acids is 1. The van der Waals surface area contributed by atoms with E-state index >= 15 is 0 Å². The Kier molecular flexibility index (Phi) is 3.36. The fourth-order valence-corrected chi connectivity index (χ4v) is 2.63. The van der Waals surface area contributed by atoms with Crippen molar-refractivity contribution in [3.63, 3.8) is 0 Å². The van der Waals surface area contributed by atoms with Gasteiger partial charge in [0.05, 0.1) is 11.7 Å². The van der Waals surface area contributed by atoms with Crippen molar-refractivity contribution in [2.24, 2.45) is 0 Å². The van der Waals surface area contributed by atoms with Gasteiger partial charge in [-0.1, -0.05) is 11.6 Å². The molecular formula is C14H14ClN3O. The molecule has 1 aromatic carbocycles.